The van der Waals surface area contributed by atoms with Crippen molar-refractivity contribution in [3.05, 3.63) is 35.6 Å². The number of aliphatic carboxylic acids is 1. The van der Waals surface area contributed by atoms with Crippen LogP contribution in [0.5, 0.6) is 0 Å². The highest BCUT2D eigenvalue weighted by atomic mass is 19.1. The molecule has 0 saturated carbocycles. The van der Waals surface area contributed by atoms with E-state index in [1.54, 1.807) is 12.1 Å². The molecule has 2 unspecified atom stereocenters. The number of carboxylic acid groups (broad SMARTS) is 1. The first-order valence-corrected chi connectivity index (χ1v) is 6.76. The van der Waals surface area contributed by atoms with Crippen molar-refractivity contribution in [2.45, 2.75) is 51.6 Å². The van der Waals surface area contributed by atoms with E-state index in [1.807, 2.05) is 19.9 Å². The number of nitrogens with one attached hydrogen (secondary N) is 1. The van der Waals surface area contributed by atoms with Crippen LogP contribution >= 0.6 is 0 Å². The van der Waals surface area contributed by atoms with E-state index in [9.17, 15) is 9.18 Å². The Balaban J connectivity index is 2.44. The third-order valence-electron chi connectivity index (χ3n) is 3.17. The fraction of sp³-hybridized carbons (Fsp3) is 0.533. The molecule has 0 aliphatic rings. The van der Waals surface area contributed by atoms with Gasteiger partial charge in [-0.25, -0.2) is 4.39 Å². The zero-order valence-electron chi connectivity index (χ0n) is 11.5. The lowest BCUT2D eigenvalue weighted by molar-refractivity contribution is -0.139. The van der Waals surface area contributed by atoms with Crippen LogP contribution < -0.4 is 5.32 Å². The van der Waals surface area contributed by atoms with Gasteiger partial charge < -0.3 is 10.4 Å². The van der Waals surface area contributed by atoms with Crippen molar-refractivity contribution >= 4 is 5.97 Å². The van der Waals surface area contributed by atoms with Gasteiger partial charge in [0.2, 0.25) is 0 Å². The van der Waals surface area contributed by atoms with Crippen molar-refractivity contribution < 1.29 is 14.3 Å². The fourth-order valence-corrected chi connectivity index (χ4v) is 2.07. The summed E-state index contributed by atoms with van der Waals surface area (Å²) in [5.74, 6) is -1.02. The molecular formula is C15H22FNO2. The molecule has 0 radical (unpaired) electrons. The Hall–Kier alpha value is -1.42. The van der Waals surface area contributed by atoms with Gasteiger partial charge in [0.25, 0.3) is 0 Å². The van der Waals surface area contributed by atoms with Crippen LogP contribution in [0.2, 0.25) is 0 Å². The summed E-state index contributed by atoms with van der Waals surface area (Å²) in [6, 6.07) is 6.23. The van der Waals surface area contributed by atoms with E-state index < -0.39 is 12.0 Å². The summed E-state index contributed by atoms with van der Waals surface area (Å²) in [5.41, 5.74) is 0.679. The quantitative estimate of drug-likeness (QED) is 0.761. The molecule has 1 aromatic carbocycles. The first kappa shape index (κ1) is 15.6. The fourth-order valence-electron chi connectivity index (χ4n) is 2.07. The zero-order chi connectivity index (χ0) is 14.3. The van der Waals surface area contributed by atoms with Crippen molar-refractivity contribution in [3.63, 3.8) is 0 Å². The first-order chi connectivity index (χ1) is 9.04. The monoisotopic (exact) mass is 267 g/mol. The van der Waals surface area contributed by atoms with Gasteiger partial charge in [0, 0.05) is 6.04 Å². The van der Waals surface area contributed by atoms with Gasteiger partial charge in [0.1, 0.15) is 11.9 Å². The summed E-state index contributed by atoms with van der Waals surface area (Å²) < 4.78 is 13.4. The molecule has 0 amide bonds. The van der Waals surface area contributed by atoms with Crippen LogP contribution in [0.15, 0.2) is 24.3 Å². The Morgan fingerprint density at radius 1 is 1.37 bits per heavy atom. The maximum Gasteiger partial charge on any atom is 0.320 e. The van der Waals surface area contributed by atoms with Gasteiger partial charge in [-0.15, -0.1) is 0 Å². The molecule has 1 aromatic rings. The lowest BCUT2D eigenvalue weighted by Crippen LogP contribution is -2.42. The highest BCUT2D eigenvalue weighted by Gasteiger charge is 2.18. The molecule has 2 N–H and O–H groups in total. The van der Waals surface area contributed by atoms with Crippen LogP contribution in [0.4, 0.5) is 4.39 Å². The molecule has 3 nitrogen and oxygen atoms in total. The lowest BCUT2D eigenvalue weighted by atomic mass is 10.0. The first-order valence-electron chi connectivity index (χ1n) is 6.76. The number of carbonyl (C=O) groups is 1. The van der Waals surface area contributed by atoms with Gasteiger partial charge in [-0.2, -0.15) is 0 Å². The van der Waals surface area contributed by atoms with E-state index in [-0.39, 0.29) is 11.9 Å². The van der Waals surface area contributed by atoms with Gasteiger partial charge in [0.15, 0.2) is 0 Å². The SMILES string of the molecule is CCCC(NC(C)CCc1ccccc1F)C(=O)O. The van der Waals surface area contributed by atoms with Gasteiger partial charge in [-0.3, -0.25) is 4.79 Å². The topological polar surface area (TPSA) is 49.3 Å². The lowest BCUT2D eigenvalue weighted by Gasteiger charge is -2.19. The molecule has 0 aliphatic carbocycles. The summed E-state index contributed by atoms with van der Waals surface area (Å²) in [4.78, 5) is 11.0. The average Bonchev–Trinajstić information content (AvgIpc) is 2.37. The largest absolute Gasteiger partial charge is 0.480 e. The molecule has 106 valence electrons. The predicted octanol–water partition coefficient (Wildman–Crippen LogP) is 2.99. The number of aryl methyl sites for hydroxylation is 1. The molecule has 1 rings (SSSR count). The van der Waals surface area contributed by atoms with Gasteiger partial charge >= 0.3 is 5.97 Å². The van der Waals surface area contributed by atoms with Crippen LogP contribution in [0.3, 0.4) is 0 Å². The van der Waals surface area contributed by atoms with E-state index in [2.05, 4.69) is 5.32 Å². The Morgan fingerprint density at radius 2 is 2.05 bits per heavy atom. The summed E-state index contributed by atoms with van der Waals surface area (Å²) in [7, 11) is 0. The van der Waals surface area contributed by atoms with Crippen LogP contribution in [0.1, 0.15) is 38.7 Å². The summed E-state index contributed by atoms with van der Waals surface area (Å²) >= 11 is 0. The third kappa shape index (κ3) is 5.39. The highest BCUT2D eigenvalue weighted by molar-refractivity contribution is 5.73. The normalized spacial score (nSPS) is 14.1. The number of carboxylic acids is 1. The van der Waals surface area contributed by atoms with Crippen LogP contribution in [0, 0.1) is 5.82 Å². The summed E-state index contributed by atoms with van der Waals surface area (Å²) in [5, 5.41) is 12.1. The molecule has 0 heterocycles. The van der Waals surface area contributed by atoms with Crippen LogP contribution in [-0.2, 0) is 11.2 Å². The van der Waals surface area contributed by atoms with E-state index in [4.69, 9.17) is 5.11 Å². The molecule has 0 fully saturated rings. The molecule has 0 saturated heterocycles. The number of hydrogen-bond donors (Lipinski definition) is 2. The van der Waals surface area contributed by atoms with Crippen molar-refractivity contribution in [1.82, 2.24) is 5.32 Å². The van der Waals surface area contributed by atoms with Gasteiger partial charge in [-0.05, 0) is 37.8 Å². The van der Waals surface area contributed by atoms with Crippen molar-refractivity contribution in [2.24, 2.45) is 0 Å². The van der Waals surface area contributed by atoms with E-state index in [0.717, 1.165) is 6.42 Å². The number of rotatable bonds is 8. The minimum atomic E-state index is -0.820. The second-order valence-electron chi connectivity index (χ2n) is 4.88. The standard InChI is InChI=1S/C15H22FNO2/c1-3-6-14(15(18)19)17-11(2)9-10-12-7-4-5-8-13(12)16/h4-5,7-8,11,14,17H,3,6,9-10H2,1-2H3,(H,18,19). The summed E-state index contributed by atoms with van der Waals surface area (Å²) in [6.45, 7) is 3.90. The Morgan fingerprint density at radius 3 is 2.63 bits per heavy atom. The van der Waals surface area contributed by atoms with E-state index in [0.29, 0.717) is 24.8 Å². The van der Waals surface area contributed by atoms with Gasteiger partial charge in [0.05, 0.1) is 0 Å². The van der Waals surface area contributed by atoms with E-state index in [1.165, 1.54) is 6.07 Å². The van der Waals surface area contributed by atoms with Crippen molar-refractivity contribution in [1.29, 1.82) is 0 Å². The maximum atomic E-state index is 13.4. The maximum absolute atomic E-state index is 13.4. The van der Waals surface area contributed by atoms with E-state index >= 15 is 0 Å². The highest BCUT2D eigenvalue weighted by Crippen LogP contribution is 2.11. The molecule has 0 aliphatic heterocycles. The minimum absolute atomic E-state index is 0.0484. The zero-order valence-corrected chi connectivity index (χ0v) is 11.5. The molecule has 0 bridgehead atoms. The molecular weight excluding hydrogens is 245 g/mol. The predicted molar refractivity (Wildman–Crippen MR) is 73.7 cm³/mol. The average molecular weight is 267 g/mol. The molecule has 2 atom stereocenters. The molecule has 0 aromatic heterocycles. The number of halogens is 1. The third-order valence-corrected chi connectivity index (χ3v) is 3.17. The van der Waals surface area contributed by atoms with Crippen LogP contribution in [0.25, 0.3) is 0 Å². The molecule has 4 heteroatoms. The Labute approximate surface area is 113 Å². The number of hydrogen-bond acceptors (Lipinski definition) is 2. The second kappa shape index (κ2) is 7.89. The molecule has 19 heavy (non-hydrogen) atoms. The summed E-state index contributed by atoms with van der Waals surface area (Å²) in [6.07, 6.45) is 2.76. The minimum Gasteiger partial charge on any atom is -0.480 e. The number of benzene rings is 1. The second-order valence-corrected chi connectivity index (χ2v) is 4.88. The Bertz CT molecular complexity index is 409. The van der Waals surface area contributed by atoms with Crippen molar-refractivity contribution in [2.75, 3.05) is 0 Å². The van der Waals surface area contributed by atoms with Gasteiger partial charge in [-0.1, -0.05) is 31.5 Å². The smallest absolute Gasteiger partial charge is 0.320 e. The van der Waals surface area contributed by atoms with Crippen molar-refractivity contribution in [3.8, 4) is 0 Å². The molecule has 0 spiro atoms. The van der Waals surface area contributed by atoms with Crippen LogP contribution in [-0.4, -0.2) is 23.2 Å². The Kier molecular flexibility index (Phi) is 6.50.